The largest absolute Gasteiger partial charge is 0.370 e. The van der Waals surface area contributed by atoms with E-state index in [1.807, 2.05) is 36.4 Å². The van der Waals surface area contributed by atoms with Gasteiger partial charge in [0.1, 0.15) is 0 Å². The lowest BCUT2D eigenvalue weighted by molar-refractivity contribution is -0.118. The van der Waals surface area contributed by atoms with Crippen molar-refractivity contribution in [2.24, 2.45) is 5.73 Å². The summed E-state index contributed by atoms with van der Waals surface area (Å²) in [7, 11) is 0. The number of hydrogen-bond donors (Lipinski definition) is 1. The lowest BCUT2D eigenvalue weighted by Crippen LogP contribution is -2.25. The molecule has 0 aliphatic carbocycles. The van der Waals surface area contributed by atoms with Crippen LogP contribution in [0, 0.1) is 0 Å². The molecule has 2 N–H and O–H groups in total. The van der Waals surface area contributed by atoms with E-state index in [9.17, 15) is 4.79 Å². The lowest BCUT2D eigenvalue weighted by Gasteiger charge is -2.11. The van der Waals surface area contributed by atoms with E-state index < -0.39 is 0 Å². The molecule has 1 aliphatic rings. The fraction of sp³-hybridized carbons (Fsp3) is 0.300. The average molecular weight is 321 g/mol. The predicted molar refractivity (Wildman–Crippen MR) is 98.7 cm³/mol. The zero-order chi connectivity index (χ0) is 16.8. The van der Waals surface area contributed by atoms with Gasteiger partial charge in [0.15, 0.2) is 0 Å². The van der Waals surface area contributed by atoms with E-state index in [2.05, 4.69) is 28.1 Å². The van der Waals surface area contributed by atoms with E-state index in [0.29, 0.717) is 6.42 Å². The number of pyridine rings is 1. The topological polar surface area (TPSA) is 59.2 Å². The fourth-order valence-electron chi connectivity index (χ4n) is 2.99. The summed E-state index contributed by atoms with van der Waals surface area (Å²) in [6, 6.07) is 18.6. The van der Waals surface area contributed by atoms with Crippen molar-refractivity contribution in [3.8, 4) is 0 Å². The first-order valence-electron chi connectivity index (χ1n) is 8.47. The first-order valence-corrected chi connectivity index (χ1v) is 8.47. The maximum absolute atomic E-state index is 10.4. The highest BCUT2D eigenvalue weighted by atomic mass is 16.1. The molecular formula is C20H23N3O. The molecule has 4 rings (SSSR count). The van der Waals surface area contributed by atoms with E-state index in [1.54, 1.807) is 0 Å². The number of carbonyl (C=O) groups is 1. The van der Waals surface area contributed by atoms with Crippen molar-refractivity contribution in [3.05, 3.63) is 54.6 Å². The zero-order valence-corrected chi connectivity index (χ0v) is 13.8. The Labute approximate surface area is 142 Å². The number of para-hydroxylation sites is 2. The molecule has 0 bridgehead atoms. The third-order valence-corrected chi connectivity index (χ3v) is 4.30. The number of nitrogens with zero attached hydrogens (tertiary/aromatic N) is 2. The quantitative estimate of drug-likeness (QED) is 0.753. The smallest absolute Gasteiger partial charge is 0.218 e. The molecule has 1 fully saturated rings. The van der Waals surface area contributed by atoms with Crippen molar-refractivity contribution in [1.82, 2.24) is 9.88 Å². The Kier molecular flexibility index (Phi) is 5.39. The van der Waals surface area contributed by atoms with Crippen LogP contribution in [0.4, 0.5) is 0 Å². The Morgan fingerprint density at radius 3 is 2.04 bits per heavy atom. The molecule has 0 saturated carbocycles. The number of likely N-dealkylation sites (tertiary alicyclic amines) is 1. The van der Waals surface area contributed by atoms with Crippen LogP contribution in [0.25, 0.3) is 21.8 Å². The summed E-state index contributed by atoms with van der Waals surface area (Å²) in [5, 5.41) is 2.40. The number of fused-ring (bicyclic) bond motifs is 2. The van der Waals surface area contributed by atoms with Crippen LogP contribution >= 0.6 is 0 Å². The van der Waals surface area contributed by atoms with Crippen LogP contribution in [0.2, 0.25) is 0 Å². The van der Waals surface area contributed by atoms with Gasteiger partial charge in [-0.1, -0.05) is 36.4 Å². The summed E-state index contributed by atoms with van der Waals surface area (Å²) in [6.45, 7) is 3.15. The molecule has 1 aliphatic heterocycles. The number of aromatic nitrogens is 1. The number of carbonyl (C=O) groups excluding carboxylic acids is 1. The van der Waals surface area contributed by atoms with E-state index in [4.69, 9.17) is 5.73 Å². The molecule has 4 heteroatoms. The van der Waals surface area contributed by atoms with E-state index in [1.165, 1.54) is 23.6 Å². The molecule has 0 atom stereocenters. The van der Waals surface area contributed by atoms with Gasteiger partial charge in [-0.2, -0.15) is 0 Å². The Hall–Kier alpha value is -2.46. The molecule has 0 spiro atoms. The van der Waals surface area contributed by atoms with Gasteiger partial charge in [-0.05, 0) is 44.1 Å². The molecule has 0 unspecified atom stereocenters. The molecule has 4 nitrogen and oxygen atoms in total. The number of hydrogen-bond acceptors (Lipinski definition) is 3. The van der Waals surface area contributed by atoms with Crippen molar-refractivity contribution in [2.45, 2.75) is 19.3 Å². The average Bonchev–Trinajstić information content (AvgIpc) is 3.12. The van der Waals surface area contributed by atoms with Crippen molar-refractivity contribution < 1.29 is 4.79 Å². The van der Waals surface area contributed by atoms with Crippen LogP contribution in [0.3, 0.4) is 0 Å². The molecule has 1 amide bonds. The highest BCUT2D eigenvalue weighted by Crippen LogP contribution is 2.18. The lowest BCUT2D eigenvalue weighted by atomic mass is 10.1. The van der Waals surface area contributed by atoms with Gasteiger partial charge >= 0.3 is 0 Å². The van der Waals surface area contributed by atoms with Crippen molar-refractivity contribution in [2.75, 3.05) is 19.6 Å². The van der Waals surface area contributed by atoms with Gasteiger partial charge in [-0.25, -0.2) is 4.98 Å². The summed E-state index contributed by atoms with van der Waals surface area (Å²) in [5.74, 6) is -0.188. The Morgan fingerprint density at radius 1 is 0.958 bits per heavy atom. The summed E-state index contributed by atoms with van der Waals surface area (Å²) < 4.78 is 0. The molecule has 1 aromatic heterocycles. The van der Waals surface area contributed by atoms with Crippen molar-refractivity contribution in [1.29, 1.82) is 0 Å². The fourth-order valence-corrected chi connectivity index (χ4v) is 2.99. The maximum Gasteiger partial charge on any atom is 0.218 e. The molecular weight excluding hydrogens is 298 g/mol. The number of benzene rings is 2. The number of rotatable bonds is 3. The summed E-state index contributed by atoms with van der Waals surface area (Å²) in [4.78, 5) is 17.2. The van der Waals surface area contributed by atoms with Crippen LogP contribution in [-0.4, -0.2) is 35.4 Å². The molecule has 2 aromatic carbocycles. The van der Waals surface area contributed by atoms with Gasteiger partial charge < -0.3 is 10.6 Å². The van der Waals surface area contributed by atoms with Crippen LogP contribution in [-0.2, 0) is 4.79 Å². The number of nitrogens with two attached hydrogens (primary N) is 1. The van der Waals surface area contributed by atoms with Crippen LogP contribution < -0.4 is 5.73 Å². The van der Waals surface area contributed by atoms with Crippen LogP contribution in [0.5, 0.6) is 0 Å². The Bertz CT molecular complexity index is 720. The molecule has 124 valence electrons. The van der Waals surface area contributed by atoms with Crippen molar-refractivity contribution in [3.63, 3.8) is 0 Å². The number of amides is 1. The third-order valence-electron chi connectivity index (χ3n) is 4.30. The third kappa shape index (κ3) is 4.30. The normalized spacial score (nSPS) is 14.5. The van der Waals surface area contributed by atoms with Crippen LogP contribution in [0.15, 0.2) is 54.6 Å². The molecule has 3 aromatic rings. The minimum Gasteiger partial charge on any atom is -0.370 e. The monoisotopic (exact) mass is 321 g/mol. The Balaban J connectivity index is 0.000000150. The summed E-state index contributed by atoms with van der Waals surface area (Å²) in [5.41, 5.74) is 7.13. The van der Waals surface area contributed by atoms with E-state index in [-0.39, 0.29) is 5.91 Å². The second kappa shape index (κ2) is 7.88. The van der Waals surface area contributed by atoms with Gasteiger partial charge in [0.25, 0.3) is 0 Å². The second-order valence-corrected chi connectivity index (χ2v) is 6.14. The summed E-state index contributed by atoms with van der Waals surface area (Å²) >= 11 is 0. The second-order valence-electron chi connectivity index (χ2n) is 6.14. The standard InChI is InChI=1S/C13H9N.C7H14N2O/c1-3-7-12-10(5-1)9-11-6-2-4-8-13(11)14-12;8-7(10)3-6-9-4-1-2-5-9/h1-9H;1-6H2,(H2,8,10). The van der Waals surface area contributed by atoms with Gasteiger partial charge in [-0.3, -0.25) is 4.79 Å². The molecule has 2 heterocycles. The minimum absolute atomic E-state index is 0.188. The molecule has 24 heavy (non-hydrogen) atoms. The highest BCUT2D eigenvalue weighted by molar-refractivity contribution is 5.92. The maximum atomic E-state index is 10.4. The first-order chi connectivity index (χ1) is 11.7. The van der Waals surface area contributed by atoms with E-state index >= 15 is 0 Å². The van der Waals surface area contributed by atoms with Crippen LogP contribution in [0.1, 0.15) is 19.3 Å². The Morgan fingerprint density at radius 2 is 1.50 bits per heavy atom. The molecule has 1 saturated heterocycles. The van der Waals surface area contributed by atoms with Gasteiger partial charge in [-0.15, -0.1) is 0 Å². The van der Waals surface area contributed by atoms with Crippen molar-refractivity contribution >= 4 is 27.7 Å². The minimum atomic E-state index is -0.188. The highest BCUT2D eigenvalue weighted by Gasteiger charge is 2.11. The SMILES string of the molecule is NC(=O)CCN1CCCC1.c1ccc2nc3ccccc3cc2c1. The first kappa shape index (κ1) is 16.4. The van der Waals surface area contributed by atoms with Gasteiger partial charge in [0.2, 0.25) is 5.91 Å². The van der Waals surface area contributed by atoms with Gasteiger partial charge in [0.05, 0.1) is 11.0 Å². The number of primary amides is 1. The summed E-state index contributed by atoms with van der Waals surface area (Å²) in [6.07, 6.45) is 3.07. The molecule has 0 radical (unpaired) electrons. The van der Waals surface area contributed by atoms with E-state index in [0.717, 1.165) is 30.7 Å². The zero-order valence-electron chi connectivity index (χ0n) is 13.8. The predicted octanol–water partition coefficient (Wildman–Crippen LogP) is 3.35. The van der Waals surface area contributed by atoms with Gasteiger partial charge in [0, 0.05) is 23.7 Å².